The van der Waals surface area contributed by atoms with Crippen molar-refractivity contribution in [2.24, 2.45) is 0 Å². The molecular formula is C18H23N3O4. The third kappa shape index (κ3) is 4.04. The molecule has 7 nitrogen and oxygen atoms in total. The molecule has 1 saturated heterocycles. The van der Waals surface area contributed by atoms with Gasteiger partial charge in [-0.05, 0) is 38.1 Å². The molecule has 0 atom stereocenters. The van der Waals surface area contributed by atoms with E-state index < -0.39 is 0 Å². The maximum absolute atomic E-state index is 12.4. The molecule has 4 amide bonds. The summed E-state index contributed by atoms with van der Waals surface area (Å²) in [4.78, 5) is 52.2. The number of benzene rings is 1. The predicted octanol–water partition coefficient (Wildman–Crippen LogP) is 1.28. The molecule has 1 aliphatic heterocycles. The van der Waals surface area contributed by atoms with Crippen molar-refractivity contribution >= 4 is 29.3 Å². The number of rotatable bonds is 6. The first-order valence-corrected chi connectivity index (χ1v) is 8.38. The lowest BCUT2D eigenvalue weighted by atomic mass is 10.1. The van der Waals surface area contributed by atoms with Gasteiger partial charge in [-0.3, -0.25) is 24.1 Å². The average Bonchev–Trinajstić information content (AvgIpc) is 2.94. The van der Waals surface area contributed by atoms with Gasteiger partial charge < -0.3 is 9.80 Å². The molecule has 0 spiro atoms. The Balaban J connectivity index is 2.06. The van der Waals surface area contributed by atoms with E-state index in [4.69, 9.17) is 0 Å². The average molecular weight is 345 g/mol. The van der Waals surface area contributed by atoms with Gasteiger partial charge in [0.05, 0.1) is 12.2 Å². The maximum Gasteiger partial charge on any atom is 0.254 e. The molecule has 1 fully saturated rings. The summed E-state index contributed by atoms with van der Waals surface area (Å²) in [5.74, 6) is -0.853. The van der Waals surface area contributed by atoms with Gasteiger partial charge in [-0.25, -0.2) is 0 Å². The smallest absolute Gasteiger partial charge is 0.254 e. The second-order valence-corrected chi connectivity index (χ2v) is 5.90. The fourth-order valence-electron chi connectivity index (χ4n) is 2.79. The minimum absolute atomic E-state index is 0.00532. The van der Waals surface area contributed by atoms with Gasteiger partial charge in [0.25, 0.3) is 5.91 Å². The van der Waals surface area contributed by atoms with Gasteiger partial charge in [0.1, 0.15) is 0 Å². The zero-order valence-corrected chi connectivity index (χ0v) is 14.8. The Morgan fingerprint density at radius 3 is 2.00 bits per heavy atom. The number of carbonyl (C=O) groups is 4. The highest BCUT2D eigenvalue weighted by molar-refractivity contribution is 6.19. The molecular weight excluding hydrogens is 322 g/mol. The molecule has 25 heavy (non-hydrogen) atoms. The minimum atomic E-state index is -0.286. The number of hydrogen-bond acceptors (Lipinski definition) is 4. The number of nitrogens with zero attached hydrogens (tertiary/aromatic N) is 3. The van der Waals surface area contributed by atoms with Crippen LogP contribution < -0.4 is 4.90 Å². The monoisotopic (exact) mass is 345 g/mol. The van der Waals surface area contributed by atoms with Crippen LogP contribution in [0.4, 0.5) is 5.69 Å². The first-order valence-electron chi connectivity index (χ1n) is 8.38. The quantitative estimate of drug-likeness (QED) is 0.728. The Morgan fingerprint density at radius 1 is 1.00 bits per heavy atom. The van der Waals surface area contributed by atoms with Crippen molar-refractivity contribution in [1.82, 2.24) is 9.80 Å². The zero-order chi connectivity index (χ0) is 18.6. The van der Waals surface area contributed by atoms with Gasteiger partial charge in [-0.15, -0.1) is 0 Å². The van der Waals surface area contributed by atoms with Gasteiger partial charge in [-0.1, -0.05) is 0 Å². The van der Waals surface area contributed by atoms with Crippen LogP contribution in [0.5, 0.6) is 0 Å². The summed E-state index contributed by atoms with van der Waals surface area (Å²) in [7, 11) is 1.57. The van der Waals surface area contributed by atoms with E-state index in [0.29, 0.717) is 24.3 Å². The van der Waals surface area contributed by atoms with E-state index in [9.17, 15) is 19.2 Å². The van der Waals surface area contributed by atoms with E-state index >= 15 is 0 Å². The molecule has 0 saturated carbocycles. The Kier molecular flexibility index (Phi) is 5.90. The van der Waals surface area contributed by atoms with Gasteiger partial charge >= 0.3 is 0 Å². The van der Waals surface area contributed by atoms with Crippen molar-refractivity contribution < 1.29 is 19.2 Å². The summed E-state index contributed by atoms with van der Waals surface area (Å²) in [6, 6.07) is 6.28. The van der Waals surface area contributed by atoms with Crippen LogP contribution in [-0.4, -0.2) is 60.1 Å². The zero-order valence-electron chi connectivity index (χ0n) is 14.8. The highest BCUT2D eigenvalue weighted by Gasteiger charge is 2.30. The lowest BCUT2D eigenvalue weighted by Crippen LogP contribution is -2.41. The van der Waals surface area contributed by atoms with E-state index in [0.717, 1.165) is 4.90 Å². The molecule has 0 unspecified atom stereocenters. The molecule has 0 radical (unpaired) electrons. The standard InChI is InChI=1S/C18H23N3O4/c1-4-20(5-2)17(24)12-19(3)18(25)13-6-8-14(9-7-13)21-15(22)10-11-16(21)23/h6-9H,4-5,10-12H2,1-3H3. The van der Waals surface area contributed by atoms with Crippen LogP contribution in [0.2, 0.25) is 0 Å². The number of hydrogen-bond donors (Lipinski definition) is 0. The van der Waals surface area contributed by atoms with Crippen LogP contribution >= 0.6 is 0 Å². The number of likely N-dealkylation sites (N-methyl/N-ethyl adjacent to an activating group) is 2. The lowest BCUT2D eigenvalue weighted by Gasteiger charge is -2.23. The van der Waals surface area contributed by atoms with Crippen molar-refractivity contribution in [2.75, 3.05) is 31.6 Å². The highest BCUT2D eigenvalue weighted by Crippen LogP contribution is 2.23. The third-order valence-electron chi connectivity index (χ3n) is 4.26. The summed E-state index contributed by atoms with van der Waals surface area (Å²) >= 11 is 0. The van der Waals surface area contributed by atoms with Crippen molar-refractivity contribution in [2.45, 2.75) is 26.7 Å². The molecule has 0 bridgehead atoms. The number of carbonyl (C=O) groups excluding carboxylic acids is 4. The summed E-state index contributed by atoms with van der Waals surface area (Å²) in [6.45, 7) is 4.99. The van der Waals surface area contributed by atoms with Gasteiger partial charge in [-0.2, -0.15) is 0 Å². The molecule has 1 aromatic carbocycles. The molecule has 1 heterocycles. The molecule has 0 aliphatic carbocycles. The number of anilines is 1. The van der Waals surface area contributed by atoms with E-state index in [2.05, 4.69) is 0 Å². The van der Waals surface area contributed by atoms with E-state index in [1.165, 1.54) is 4.90 Å². The Morgan fingerprint density at radius 2 is 1.52 bits per heavy atom. The van der Waals surface area contributed by atoms with Crippen molar-refractivity contribution in [3.8, 4) is 0 Å². The maximum atomic E-state index is 12.4. The van der Waals surface area contributed by atoms with E-state index in [-0.39, 0.29) is 43.0 Å². The van der Waals surface area contributed by atoms with Gasteiger partial charge in [0.2, 0.25) is 17.7 Å². The van der Waals surface area contributed by atoms with Crippen LogP contribution in [0.3, 0.4) is 0 Å². The fourth-order valence-corrected chi connectivity index (χ4v) is 2.79. The largest absolute Gasteiger partial charge is 0.342 e. The highest BCUT2D eigenvalue weighted by atomic mass is 16.2. The van der Waals surface area contributed by atoms with Crippen LogP contribution in [0.25, 0.3) is 0 Å². The lowest BCUT2D eigenvalue weighted by molar-refractivity contribution is -0.131. The first-order chi connectivity index (χ1) is 11.9. The summed E-state index contributed by atoms with van der Waals surface area (Å²) < 4.78 is 0. The Bertz CT molecular complexity index is 664. The van der Waals surface area contributed by atoms with E-state index in [1.807, 2.05) is 13.8 Å². The molecule has 1 aliphatic rings. The van der Waals surface area contributed by atoms with Crippen LogP contribution in [0.1, 0.15) is 37.0 Å². The van der Waals surface area contributed by atoms with Crippen molar-refractivity contribution in [3.63, 3.8) is 0 Å². The van der Waals surface area contributed by atoms with Crippen LogP contribution in [0, 0.1) is 0 Å². The molecule has 0 aromatic heterocycles. The summed E-state index contributed by atoms with van der Waals surface area (Å²) in [5, 5.41) is 0. The van der Waals surface area contributed by atoms with Gasteiger partial charge in [0, 0.05) is 38.5 Å². The topological polar surface area (TPSA) is 78.0 Å². The normalized spacial score (nSPS) is 14.0. The minimum Gasteiger partial charge on any atom is -0.342 e. The second-order valence-electron chi connectivity index (χ2n) is 5.90. The van der Waals surface area contributed by atoms with Crippen molar-refractivity contribution in [3.05, 3.63) is 29.8 Å². The van der Waals surface area contributed by atoms with Crippen LogP contribution in [0.15, 0.2) is 24.3 Å². The Labute approximate surface area is 147 Å². The van der Waals surface area contributed by atoms with E-state index in [1.54, 1.807) is 36.2 Å². The third-order valence-corrected chi connectivity index (χ3v) is 4.26. The predicted molar refractivity (Wildman–Crippen MR) is 93.1 cm³/mol. The fraction of sp³-hybridized carbons (Fsp3) is 0.444. The van der Waals surface area contributed by atoms with Crippen LogP contribution in [-0.2, 0) is 14.4 Å². The molecule has 134 valence electrons. The number of amides is 4. The molecule has 1 aromatic rings. The molecule has 2 rings (SSSR count). The summed E-state index contributed by atoms with van der Waals surface area (Å²) in [5.41, 5.74) is 0.864. The SMILES string of the molecule is CCN(CC)C(=O)CN(C)C(=O)c1ccc(N2C(=O)CCC2=O)cc1. The molecule has 7 heteroatoms. The molecule has 0 N–H and O–H groups in total. The van der Waals surface area contributed by atoms with Gasteiger partial charge in [0.15, 0.2) is 0 Å². The van der Waals surface area contributed by atoms with Crippen molar-refractivity contribution in [1.29, 1.82) is 0 Å². The number of imide groups is 1. The Hall–Kier alpha value is -2.70. The second kappa shape index (κ2) is 7.92. The first kappa shape index (κ1) is 18.6. The summed E-state index contributed by atoms with van der Waals surface area (Å²) in [6.07, 6.45) is 0.436.